The van der Waals surface area contributed by atoms with Crippen molar-refractivity contribution in [2.45, 2.75) is 20.0 Å². The fourth-order valence-corrected chi connectivity index (χ4v) is 3.09. The first-order valence-corrected chi connectivity index (χ1v) is 9.47. The van der Waals surface area contributed by atoms with Crippen LogP contribution in [-0.2, 0) is 14.3 Å². The fraction of sp³-hybridized carbons (Fsp3) is 0.318. The molecule has 7 nitrogen and oxygen atoms in total. The van der Waals surface area contributed by atoms with Crippen LogP contribution in [-0.4, -0.2) is 55.1 Å². The van der Waals surface area contributed by atoms with E-state index in [9.17, 15) is 14.4 Å². The minimum atomic E-state index is -0.667. The van der Waals surface area contributed by atoms with Crippen LogP contribution in [0.4, 0.5) is 5.69 Å². The average Bonchev–Trinajstić information content (AvgIpc) is 2.72. The van der Waals surface area contributed by atoms with Gasteiger partial charge in [0.1, 0.15) is 0 Å². The number of aryl methyl sites for hydroxylation is 1. The minimum absolute atomic E-state index is 0.0408. The number of morpholine rings is 1. The van der Waals surface area contributed by atoms with E-state index < -0.39 is 5.97 Å². The maximum atomic E-state index is 12.5. The first-order chi connectivity index (χ1) is 13.9. The van der Waals surface area contributed by atoms with Crippen molar-refractivity contribution in [3.8, 4) is 0 Å². The summed E-state index contributed by atoms with van der Waals surface area (Å²) in [5, 5.41) is 2.74. The van der Waals surface area contributed by atoms with E-state index in [1.54, 1.807) is 47.4 Å². The molecule has 1 fully saturated rings. The number of esters is 1. The number of anilines is 1. The normalized spacial score (nSPS) is 16.2. The summed E-state index contributed by atoms with van der Waals surface area (Å²) in [6.45, 7) is 4.84. The molecule has 2 amide bonds. The van der Waals surface area contributed by atoms with E-state index in [1.807, 2.05) is 19.9 Å². The second-order valence-electron chi connectivity index (χ2n) is 6.97. The molecule has 1 N–H and O–H groups in total. The molecule has 0 bridgehead atoms. The molecule has 1 saturated heterocycles. The number of benzene rings is 2. The first kappa shape index (κ1) is 20.5. The standard InChI is InChI=1S/C22H24N2O5/c1-15-6-5-7-17(12-15)21(26)23-19-9-4-3-8-18(19)22(27)29-14-20(25)24-10-11-28-16(2)13-24/h3-9,12,16H,10-11,13-14H2,1-2H3,(H,23,26). The lowest BCUT2D eigenvalue weighted by molar-refractivity contribution is -0.141. The number of carbonyl (C=O) groups excluding carboxylic acids is 3. The van der Waals surface area contributed by atoms with Gasteiger partial charge in [0.05, 0.1) is 24.0 Å². The number of para-hydroxylation sites is 1. The third kappa shape index (κ3) is 5.42. The second kappa shape index (κ2) is 9.34. The fourth-order valence-electron chi connectivity index (χ4n) is 3.09. The van der Waals surface area contributed by atoms with Crippen LogP contribution < -0.4 is 5.32 Å². The monoisotopic (exact) mass is 396 g/mol. The Kier molecular flexibility index (Phi) is 6.61. The van der Waals surface area contributed by atoms with Crippen LogP contribution >= 0.6 is 0 Å². The molecular weight excluding hydrogens is 372 g/mol. The van der Waals surface area contributed by atoms with Crippen molar-refractivity contribution in [1.29, 1.82) is 0 Å². The molecule has 1 heterocycles. The Balaban J connectivity index is 1.64. The highest BCUT2D eigenvalue weighted by atomic mass is 16.5. The van der Waals surface area contributed by atoms with Gasteiger partial charge in [-0.3, -0.25) is 9.59 Å². The number of ether oxygens (including phenoxy) is 2. The smallest absolute Gasteiger partial charge is 0.340 e. The highest BCUT2D eigenvalue weighted by molar-refractivity contribution is 6.08. The number of hydrogen-bond acceptors (Lipinski definition) is 5. The summed E-state index contributed by atoms with van der Waals surface area (Å²) in [5.41, 5.74) is 1.97. The number of carbonyl (C=O) groups is 3. The van der Waals surface area contributed by atoms with E-state index in [1.165, 1.54) is 0 Å². The summed E-state index contributed by atoms with van der Waals surface area (Å²) in [5.74, 6) is -1.26. The Morgan fingerprint density at radius 1 is 1.17 bits per heavy atom. The summed E-state index contributed by atoms with van der Waals surface area (Å²) in [7, 11) is 0. The van der Waals surface area contributed by atoms with Crippen LogP contribution in [0.2, 0.25) is 0 Å². The Bertz CT molecular complexity index is 912. The lowest BCUT2D eigenvalue weighted by Gasteiger charge is -2.30. The van der Waals surface area contributed by atoms with Crippen LogP contribution in [0.3, 0.4) is 0 Å². The summed E-state index contributed by atoms with van der Waals surface area (Å²) in [6, 6.07) is 13.7. The van der Waals surface area contributed by atoms with Crippen LogP contribution in [0.5, 0.6) is 0 Å². The molecule has 2 aromatic carbocycles. The van der Waals surface area contributed by atoms with Crippen molar-refractivity contribution in [2.75, 3.05) is 31.6 Å². The van der Waals surface area contributed by atoms with Gasteiger partial charge >= 0.3 is 5.97 Å². The van der Waals surface area contributed by atoms with Gasteiger partial charge in [-0.2, -0.15) is 0 Å². The lowest BCUT2D eigenvalue weighted by Crippen LogP contribution is -2.46. The number of nitrogens with one attached hydrogen (secondary N) is 1. The molecule has 3 rings (SSSR count). The predicted molar refractivity (Wildman–Crippen MR) is 108 cm³/mol. The van der Waals surface area contributed by atoms with Crippen molar-refractivity contribution >= 4 is 23.5 Å². The maximum absolute atomic E-state index is 12.5. The molecule has 1 aliphatic rings. The van der Waals surface area contributed by atoms with Crippen LogP contribution in [0.1, 0.15) is 33.2 Å². The van der Waals surface area contributed by atoms with Gasteiger partial charge < -0.3 is 19.7 Å². The molecule has 1 aliphatic heterocycles. The molecule has 29 heavy (non-hydrogen) atoms. The molecule has 7 heteroatoms. The van der Waals surface area contributed by atoms with Gasteiger partial charge in [-0.15, -0.1) is 0 Å². The number of rotatable bonds is 5. The van der Waals surface area contributed by atoms with Gasteiger partial charge in [0, 0.05) is 18.7 Å². The summed E-state index contributed by atoms with van der Waals surface area (Å²) >= 11 is 0. The molecule has 152 valence electrons. The largest absolute Gasteiger partial charge is 0.452 e. The van der Waals surface area contributed by atoms with Gasteiger partial charge in [-0.25, -0.2) is 4.79 Å². The highest BCUT2D eigenvalue weighted by Gasteiger charge is 2.23. The molecular formula is C22H24N2O5. The zero-order chi connectivity index (χ0) is 20.8. The quantitative estimate of drug-likeness (QED) is 0.786. The van der Waals surface area contributed by atoms with E-state index in [-0.39, 0.29) is 30.1 Å². The van der Waals surface area contributed by atoms with E-state index in [4.69, 9.17) is 9.47 Å². The molecule has 0 spiro atoms. The molecule has 0 aromatic heterocycles. The Morgan fingerprint density at radius 3 is 2.72 bits per heavy atom. The molecule has 0 saturated carbocycles. The minimum Gasteiger partial charge on any atom is -0.452 e. The van der Waals surface area contributed by atoms with Gasteiger partial charge in [0.15, 0.2) is 6.61 Å². The average molecular weight is 396 g/mol. The van der Waals surface area contributed by atoms with E-state index in [2.05, 4.69) is 5.32 Å². The Labute approximate surface area is 169 Å². The van der Waals surface area contributed by atoms with Gasteiger partial charge in [-0.1, -0.05) is 29.8 Å². The topological polar surface area (TPSA) is 84.9 Å². The summed E-state index contributed by atoms with van der Waals surface area (Å²) in [6.07, 6.45) is -0.0408. The zero-order valence-electron chi connectivity index (χ0n) is 16.5. The number of nitrogens with zero attached hydrogens (tertiary/aromatic N) is 1. The third-order valence-electron chi connectivity index (χ3n) is 4.60. The lowest BCUT2D eigenvalue weighted by atomic mass is 10.1. The Hall–Kier alpha value is -3.19. The van der Waals surface area contributed by atoms with E-state index in [0.717, 1.165) is 5.56 Å². The number of amides is 2. The van der Waals surface area contributed by atoms with Gasteiger partial charge in [-0.05, 0) is 38.1 Å². The molecule has 0 radical (unpaired) electrons. The summed E-state index contributed by atoms with van der Waals surface area (Å²) in [4.78, 5) is 38.9. The Morgan fingerprint density at radius 2 is 1.97 bits per heavy atom. The van der Waals surface area contributed by atoms with Gasteiger partial charge in [0.2, 0.25) is 0 Å². The SMILES string of the molecule is Cc1cccc(C(=O)Nc2ccccc2C(=O)OCC(=O)N2CCOC(C)C2)c1. The molecule has 1 atom stereocenters. The van der Waals surface area contributed by atoms with Crippen molar-refractivity contribution in [2.24, 2.45) is 0 Å². The van der Waals surface area contributed by atoms with Crippen molar-refractivity contribution in [3.05, 3.63) is 65.2 Å². The van der Waals surface area contributed by atoms with Crippen LogP contribution in [0.25, 0.3) is 0 Å². The third-order valence-corrected chi connectivity index (χ3v) is 4.60. The second-order valence-corrected chi connectivity index (χ2v) is 6.97. The van der Waals surface area contributed by atoms with Crippen molar-refractivity contribution in [3.63, 3.8) is 0 Å². The molecule has 0 aliphatic carbocycles. The van der Waals surface area contributed by atoms with Gasteiger partial charge in [0.25, 0.3) is 11.8 Å². The van der Waals surface area contributed by atoms with E-state index >= 15 is 0 Å². The zero-order valence-corrected chi connectivity index (χ0v) is 16.5. The predicted octanol–water partition coefficient (Wildman–Crippen LogP) is 2.65. The highest BCUT2D eigenvalue weighted by Crippen LogP contribution is 2.18. The first-order valence-electron chi connectivity index (χ1n) is 9.47. The van der Waals surface area contributed by atoms with E-state index in [0.29, 0.717) is 30.9 Å². The van der Waals surface area contributed by atoms with Crippen LogP contribution in [0.15, 0.2) is 48.5 Å². The van der Waals surface area contributed by atoms with Crippen molar-refractivity contribution in [1.82, 2.24) is 4.90 Å². The molecule has 2 aromatic rings. The number of hydrogen-bond donors (Lipinski definition) is 1. The maximum Gasteiger partial charge on any atom is 0.340 e. The van der Waals surface area contributed by atoms with Crippen molar-refractivity contribution < 1.29 is 23.9 Å². The molecule has 1 unspecified atom stereocenters. The van der Waals surface area contributed by atoms with Crippen LogP contribution in [0, 0.1) is 6.92 Å². The summed E-state index contributed by atoms with van der Waals surface area (Å²) < 4.78 is 10.6.